The lowest BCUT2D eigenvalue weighted by Gasteiger charge is -2.15. The molecular formula is C15H25NO2S. The topological polar surface area (TPSA) is 46.2 Å². The van der Waals surface area contributed by atoms with Crippen LogP contribution in [0.25, 0.3) is 0 Å². The third kappa shape index (κ3) is 5.33. The number of nitrogens with one attached hydrogen (secondary N) is 1. The van der Waals surface area contributed by atoms with Gasteiger partial charge >= 0.3 is 0 Å². The summed E-state index contributed by atoms with van der Waals surface area (Å²) in [6.07, 6.45) is 5.56. The number of unbranched alkanes of at least 4 members (excludes halogenated alkanes) is 3. The predicted molar refractivity (Wildman–Crippen MR) is 79.7 cm³/mol. The first-order chi connectivity index (χ1) is 8.97. The van der Waals surface area contributed by atoms with Crippen molar-refractivity contribution in [2.45, 2.75) is 63.8 Å². The molecule has 108 valence electrons. The highest BCUT2D eigenvalue weighted by atomic mass is 32.2. The normalized spacial score (nSPS) is 13.4. The molecule has 0 spiro atoms. The number of hydrogen-bond donors (Lipinski definition) is 1. The van der Waals surface area contributed by atoms with E-state index in [1.165, 1.54) is 19.3 Å². The summed E-state index contributed by atoms with van der Waals surface area (Å²) in [7, 11) is -3.38. The van der Waals surface area contributed by atoms with Gasteiger partial charge in [0.25, 0.3) is 0 Å². The number of rotatable bonds is 8. The average molecular weight is 283 g/mol. The zero-order valence-corrected chi connectivity index (χ0v) is 13.0. The first-order valence-corrected chi connectivity index (χ1v) is 8.53. The summed E-state index contributed by atoms with van der Waals surface area (Å²) < 4.78 is 27.2. The maximum absolute atomic E-state index is 12.2. The Morgan fingerprint density at radius 2 is 1.84 bits per heavy atom. The van der Waals surface area contributed by atoms with E-state index < -0.39 is 10.0 Å². The van der Waals surface area contributed by atoms with Crippen LogP contribution < -0.4 is 4.72 Å². The van der Waals surface area contributed by atoms with E-state index in [1.807, 2.05) is 26.0 Å². The quantitative estimate of drug-likeness (QED) is 0.740. The molecule has 1 unspecified atom stereocenters. The Hall–Kier alpha value is -0.870. The van der Waals surface area contributed by atoms with E-state index in [-0.39, 0.29) is 6.04 Å². The lowest BCUT2D eigenvalue weighted by molar-refractivity contribution is 0.521. The van der Waals surface area contributed by atoms with Gasteiger partial charge in [0.1, 0.15) is 0 Å². The molecule has 1 N–H and O–H groups in total. The number of hydrogen-bond acceptors (Lipinski definition) is 2. The highest BCUT2D eigenvalue weighted by Crippen LogP contribution is 2.15. The lowest BCUT2D eigenvalue weighted by atomic mass is 10.1. The fourth-order valence-electron chi connectivity index (χ4n) is 2.12. The van der Waals surface area contributed by atoms with Gasteiger partial charge < -0.3 is 0 Å². The van der Waals surface area contributed by atoms with E-state index >= 15 is 0 Å². The first-order valence-electron chi connectivity index (χ1n) is 7.05. The molecule has 0 heterocycles. The van der Waals surface area contributed by atoms with E-state index in [4.69, 9.17) is 0 Å². The van der Waals surface area contributed by atoms with Crippen molar-refractivity contribution in [3.8, 4) is 0 Å². The molecule has 0 fully saturated rings. The molecule has 1 atom stereocenters. The van der Waals surface area contributed by atoms with Crippen molar-refractivity contribution in [1.82, 2.24) is 4.72 Å². The van der Waals surface area contributed by atoms with Crippen molar-refractivity contribution >= 4 is 10.0 Å². The highest BCUT2D eigenvalue weighted by Gasteiger charge is 2.18. The van der Waals surface area contributed by atoms with Crippen molar-refractivity contribution in [2.24, 2.45) is 0 Å². The van der Waals surface area contributed by atoms with Crippen LogP contribution in [0.1, 0.15) is 51.5 Å². The Bertz CT molecular complexity index is 483. The molecule has 4 heteroatoms. The summed E-state index contributed by atoms with van der Waals surface area (Å²) in [4.78, 5) is 0.385. The second-order valence-electron chi connectivity index (χ2n) is 5.14. The van der Waals surface area contributed by atoms with Gasteiger partial charge in [-0.15, -0.1) is 0 Å². The molecule has 0 aliphatic carbocycles. The molecule has 0 amide bonds. The molecular weight excluding hydrogens is 258 g/mol. The van der Waals surface area contributed by atoms with Crippen LogP contribution in [0.15, 0.2) is 29.2 Å². The smallest absolute Gasteiger partial charge is 0.208 e. The highest BCUT2D eigenvalue weighted by molar-refractivity contribution is 7.89. The van der Waals surface area contributed by atoms with Crippen LogP contribution in [-0.4, -0.2) is 14.5 Å². The molecule has 0 saturated heterocycles. The number of aryl methyl sites for hydroxylation is 1. The fraction of sp³-hybridized carbons (Fsp3) is 0.600. The summed E-state index contributed by atoms with van der Waals surface area (Å²) in [6, 6.07) is 7.07. The summed E-state index contributed by atoms with van der Waals surface area (Å²) >= 11 is 0. The molecule has 0 aliphatic heterocycles. The van der Waals surface area contributed by atoms with E-state index in [0.717, 1.165) is 18.4 Å². The van der Waals surface area contributed by atoms with Crippen LogP contribution in [0.2, 0.25) is 0 Å². The molecule has 1 rings (SSSR count). The molecule has 0 aliphatic rings. The van der Waals surface area contributed by atoms with Crippen LogP contribution in [0.3, 0.4) is 0 Å². The summed E-state index contributed by atoms with van der Waals surface area (Å²) in [5.74, 6) is 0. The van der Waals surface area contributed by atoms with Crippen molar-refractivity contribution in [2.75, 3.05) is 0 Å². The minimum absolute atomic E-state index is 0.0125. The van der Waals surface area contributed by atoms with Crippen molar-refractivity contribution in [1.29, 1.82) is 0 Å². The van der Waals surface area contributed by atoms with Gasteiger partial charge in [-0.3, -0.25) is 0 Å². The molecule has 0 radical (unpaired) electrons. The van der Waals surface area contributed by atoms with Crippen LogP contribution in [0.5, 0.6) is 0 Å². The van der Waals surface area contributed by atoms with Crippen molar-refractivity contribution in [3.05, 3.63) is 29.8 Å². The molecule has 19 heavy (non-hydrogen) atoms. The summed E-state index contributed by atoms with van der Waals surface area (Å²) in [5.41, 5.74) is 0.785. The average Bonchev–Trinajstić information content (AvgIpc) is 2.34. The van der Waals surface area contributed by atoms with Gasteiger partial charge in [-0.05, 0) is 31.9 Å². The third-order valence-corrected chi connectivity index (χ3v) is 4.98. The Morgan fingerprint density at radius 3 is 2.47 bits per heavy atom. The van der Waals surface area contributed by atoms with E-state index in [1.54, 1.807) is 12.1 Å². The molecule has 0 saturated carbocycles. The van der Waals surface area contributed by atoms with Gasteiger partial charge in [0.2, 0.25) is 10.0 Å². The molecule has 3 nitrogen and oxygen atoms in total. The largest absolute Gasteiger partial charge is 0.241 e. The zero-order valence-electron chi connectivity index (χ0n) is 12.1. The second kappa shape index (κ2) is 7.65. The van der Waals surface area contributed by atoms with Crippen molar-refractivity contribution < 1.29 is 8.42 Å². The van der Waals surface area contributed by atoms with Crippen LogP contribution in [0, 0.1) is 6.92 Å². The minimum Gasteiger partial charge on any atom is -0.208 e. The Balaban J connectivity index is 2.58. The maximum Gasteiger partial charge on any atom is 0.241 e. The van der Waals surface area contributed by atoms with Gasteiger partial charge in [-0.2, -0.15) is 0 Å². The van der Waals surface area contributed by atoms with Gasteiger partial charge in [-0.25, -0.2) is 13.1 Å². The van der Waals surface area contributed by atoms with Gasteiger partial charge in [0, 0.05) is 6.04 Å². The van der Waals surface area contributed by atoms with Gasteiger partial charge in [0.05, 0.1) is 4.90 Å². The van der Waals surface area contributed by atoms with Crippen LogP contribution >= 0.6 is 0 Å². The Labute approximate surface area is 117 Å². The monoisotopic (exact) mass is 283 g/mol. The lowest BCUT2D eigenvalue weighted by Crippen LogP contribution is -2.32. The minimum atomic E-state index is -3.38. The third-order valence-electron chi connectivity index (χ3n) is 3.23. The first kappa shape index (κ1) is 16.2. The van der Waals surface area contributed by atoms with Crippen LogP contribution in [0.4, 0.5) is 0 Å². The number of benzene rings is 1. The van der Waals surface area contributed by atoms with E-state index in [9.17, 15) is 8.42 Å². The van der Waals surface area contributed by atoms with E-state index in [0.29, 0.717) is 4.90 Å². The van der Waals surface area contributed by atoms with Crippen molar-refractivity contribution in [3.63, 3.8) is 0 Å². The Kier molecular flexibility index (Phi) is 6.52. The standard InChI is InChI=1S/C15H25NO2S/c1-4-5-6-7-11-14(3)16-19(17,18)15-12-9-8-10-13(15)2/h8-10,12,14,16H,4-7,11H2,1-3H3. The van der Waals surface area contributed by atoms with Crippen LogP contribution in [-0.2, 0) is 10.0 Å². The van der Waals surface area contributed by atoms with E-state index in [2.05, 4.69) is 11.6 Å². The molecule has 1 aromatic carbocycles. The Morgan fingerprint density at radius 1 is 1.16 bits per heavy atom. The summed E-state index contributed by atoms with van der Waals surface area (Å²) in [6.45, 7) is 5.92. The fourth-order valence-corrected chi connectivity index (χ4v) is 3.65. The van der Waals surface area contributed by atoms with Gasteiger partial charge in [-0.1, -0.05) is 50.8 Å². The predicted octanol–water partition coefficient (Wildman–Crippen LogP) is 3.63. The SMILES string of the molecule is CCCCCCC(C)NS(=O)(=O)c1ccccc1C. The maximum atomic E-state index is 12.2. The molecule has 0 bridgehead atoms. The molecule has 0 aromatic heterocycles. The summed E-state index contributed by atoms with van der Waals surface area (Å²) in [5, 5.41) is 0. The number of sulfonamides is 1. The van der Waals surface area contributed by atoms with Gasteiger partial charge in [0.15, 0.2) is 0 Å². The molecule has 1 aromatic rings. The zero-order chi connectivity index (χ0) is 14.3. The second-order valence-corrected chi connectivity index (χ2v) is 6.82.